The monoisotopic (exact) mass is 300 g/mol. The van der Waals surface area contributed by atoms with Gasteiger partial charge in [0.2, 0.25) is 5.91 Å². The number of nitrogens with zero attached hydrogens (tertiary/aromatic N) is 2. The van der Waals surface area contributed by atoms with Crippen LogP contribution < -0.4 is 0 Å². The van der Waals surface area contributed by atoms with Crippen molar-refractivity contribution in [2.75, 3.05) is 26.7 Å². The molecule has 0 saturated carbocycles. The molecule has 0 atom stereocenters. The summed E-state index contributed by atoms with van der Waals surface area (Å²) in [4.78, 5) is 15.3. The van der Waals surface area contributed by atoms with Crippen molar-refractivity contribution in [1.82, 2.24) is 9.80 Å². The fourth-order valence-electron chi connectivity index (χ4n) is 1.85. The molecule has 1 fully saturated rings. The van der Waals surface area contributed by atoms with Gasteiger partial charge in [-0.25, -0.2) is 4.39 Å². The molecule has 0 aromatic heterocycles. The van der Waals surface area contributed by atoms with Gasteiger partial charge in [-0.3, -0.25) is 9.69 Å². The van der Waals surface area contributed by atoms with Crippen molar-refractivity contribution in [2.24, 2.45) is 0 Å². The van der Waals surface area contributed by atoms with E-state index >= 15 is 0 Å². The third-order valence-electron chi connectivity index (χ3n) is 2.96. The lowest BCUT2D eigenvalue weighted by molar-refractivity contribution is -0.134. The molecule has 0 aliphatic carbocycles. The average Bonchev–Trinajstić information content (AvgIpc) is 2.30. The molecule has 0 unspecified atom stereocenters. The largest absolute Gasteiger partial charge is 0.343 e. The Labute approximate surface area is 108 Å². The first kappa shape index (κ1) is 12.5. The molecule has 1 aromatic carbocycles. The van der Waals surface area contributed by atoms with Crippen LogP contribution in [-0.2, 0) is 11.3 Å². The van der Waals surface area contributed by atoms with Gasteiger partial charge in [0.25, 0.3) is 0 Å². The summed E-state index contributed by atoms with van der Waals surface area (Å²) >= 11 is 3.24. The SMILES string of the molecule is CN1CCN(Cc2cccc(F)c2Br)CC1=O. The molecule has 5 heteroatoms. The van der Waals surface area contributed by atoms with Gasteiger partial charge in [0.1, 0.15) is 5.82 Å². The van der Waals surface area contributed by atoms with E-state index in [0.717, 1.165) is 18.7 Å². The van der Waals surface area contributed by atoms with Crippen LogP contribution in [-0.4, -0.2) is 42.4 Å². The number of benzene rings is 1. The topological polar surface area (TPSA) is 23.6 Å². The van der Waals surface area contributed by atoms with Gasteiger partial charge >= 0.3 is 0 Å². The summed E-state index contributed by atoms with van der Waals surface area (Å²) in [5, 5.41) is 0. The molecule has 1 heterocycles. The zero-order valence-electron chi connectivity index (χ0n) is 9.62. The number of carbonyl (C=O) groups excluding carboxylic acids is 1. The lowest BCUT2D eigenvalue weighted by Gasteiger charge is -2.32. The summed E-state index contributed by atoms with van der Waals surface area (Å²) in [7, 11) is 1.80. The normalized spacial score (nSPS) is 17.6. The maximum atomic E-state index is 13.3. The van der Waals surface area contributed by atoms with Crippen molar-refractivity contribution in [3.63, 3.8) is 0 Å². The number of hydrogen-bond donors (Lipinski definition) is 0. The van der Waals surface area contributed by atoms with E-state index in [4.69, 9.17) is 0 Å². The Bertz CT molecular complexity index is 439. The zero-order chi connectivity index (χ0) is 12.4. The summed E-state index contributed by atoms with van der Waals surface area (Å²) in [6, 6.07) is 4.98. The Morgan fingerprint density at radius 2 is 2.18 bits per heavy atom. The lowest BCUT2D eigenvalue weighted by Crippen LogP contribution is -2.48. The standard InChI is InChI=1S/C12H14BrFN2O/c1-15-5-6-16(8-11(15)17)7-9-3-2-4-10(14)12(9)13/h2-4H,5-8H2,1H3. The molecule has 0 N–H and O–H groups in total. The molecule has 17 heavy (non-hydrogen) atoms. The van der Waals surface area contributed by atoms with Crippen molar-refractivity contribution in [2.45, 2.75) is 6.54 Å². The molecule has 0 radical (unpaired) electrons. The van der Waals surface area contributed by atoms with Gasteiger partial charge < -0.3 is 4.90 Å². The third kappa shape index (κ3) is 2.84. The van der Waals surface area contributed by atoms with Gasteiger partial charge in [-0.15, -0.1) is 0 Å². The first-order valence-corrected chi connectivity index (χ1v) is 6.26. The molecule has 1 amide bonds. The second kappa shape index (κ2) is 5.14. The maximum Gasteiger partial charge on any atom is 0.236 e. The first-order chi connectivity index (χ1) is 8.08. The number of piperazine rings is 1. The molecular formula is C12H14BrFN2O. The Balaban J connectivity index is 2.06. The highest BCUT2D eigenvalue weighted by Gasteiger charge is 2.21. The second-order valence-electron chi connectivity index (χ2n) is 4.24. The van der Waals surface area contributed by atoms with E-state index in [2.05, 4.69) is 15.9 Å². The van der Waals surface area contributed by atoms with E-state index in [1.807, 2.05) is 11.0 Å². The van der Waals surface area contributed by atoms with Crippen LogP contribution in [0, 0.1) is 5.82 Å². The summed E-state index contributed by atoms with van der Waals surface area (Å²) < 4.78 is 13.8. The van der Waals surface area contributed by atoms with Crippen LogP contribution in [0.1, 0.15) is 5.56 Å². The fourth-order valence-corrected chi connectivity index (χ4v) is 2.24. The number of carbonyl (C=O) groups is 1. The van der Waals surface area contributed by atoms with Gasteiger partial charge in [-0.1, -0.05) is 12.1 Å². The van der Waals surface area contributed by atoms with Crippen LogP contribution in [0.15, 0.2) is 22.7 Å². The minimum Gasteiger partial charge on any atom is -0.343 e. The van der Waals surface area contributed by atoms with Crippen molar-refractivity contribution in [3.05, 3.63) is 34.1 Å². The molecule has 0 bridgehead atoms. The molecule has 3 nitrogen and oxygen atoms in total. The third-order valence-corrected chi connectivity index (χ3v) is 3.85. The Morgan fingerprint density at radius 1 is 1.41 bits per heavy atom. The Hall–Kier alpha value is -0.940. The van der Waals surface area contributed by atoms with Crippen LogP contribution in [0.3, 0.4) is 0 Å². The minimum atomic E-state index is -0.261. The van der Waals surface area contributed by atoms with Gasteiger partial charge in [0.05, 0.1) is 11.0 Å². The van der Waals surface area contributed by atoms with Crippen LogP contribution in [0.25, 0.3) is 0 Å². The first-order valence-electron chi connectivity index (χ1n) is 5.47. The molecule has 0 spiro atoms. The highest BCUT2D eigenvalue weighted by Crippen LogP contribution is 2.22. The lowest BCUT2D eigenvalue weighted by atomic mass is 10.2. The van der Waals surface area contributed by atoms with E-state index in [9.17, 15) is 9.18 Å². The summed E-state index contributed by atoms with van der Waals surface area (Å²) in [5.74, 6) is -0.147. The molecule has 1 aliphatic heterocycles. The number of halogens is 2. The summed E-state index contributed by atoms with van der Waals surface area (Å²) in [5.41, 5.74) is 0.877. The van der Waals surface area contributed by atoms with E-state index in [0.29, 0.717) is 17.6 Å². The number of rotatable bonds is 2. The minimum absolute atomic E-state index is 0.115. The van der Waals surface area contributed by atoms with Crippen LogP contribution in [0.4, 0.5) is 4.39 Å². The maximum absolute atomic E-state index is 13.3. The summed E-state index contributed by atoms with van der Waals surface area (Å²) in [6.45, 7) is 2.55. The highest BCUT2D eigenvalue weighted by atomic mass is 79.9. The molecule has 2 rings (SSSR count). The predicted molar refractivity (Wildman–Crippen MR) is 67.0 cm³/mol. The smallest absolute Gasteiger partial charge is 0.236 e. The van der Waals surface area contributed by atoms with Gasteiger partial charge in [0.15, 0.2) is 0 Å². The van der Waals surface area contributed by atoms with Crippen molar-refractivity contribution in [1.29, 1.82) is 0 Å². The Kier molecular flexibility index (Phi) is 3.79. The number of amides is 1. The fraction of sp³-hybridized carbons (Fsp3) is 0.417. The van der Waals surface area contributed by atoms with Gasteiger partial charge in [-0.2, -0.15) is 0 Å². The highest BCUT2D eigenvalue weighted by molar-refractivity contribution is 9.10. The molecule has 92 valence electrons. The number of hydrogen-bond acceptors (Lipinski definition) is 2. The number of likely N-dealkylation sites (N-methyl/N-ethyl adjacent to an activating group) is 1. The molecule has 1 saturated heterocycles. The second-order valence-corrected chi connectivity index (χ2v) is 5.03. The quantitative estimate of drug-likeness (QED) is 0.832. The van der Waals surface area contributed by atoms with E-state index in [1.54, 1.807) is 18.0 Å². The van der Waals surface area contributed by atoms with Gasteiger partial charge in [-0.05, 0) is 27.6 Å². The van der Waals surface area contributed by atoms with Crippen molar-refractivity contribution < 1.29 is 9.18 Å². The predicted octanol–water partition coefficient (Wildman–Crippen LogP) is 1.86. The van der Waals surface area contributed by atoms with E-state index in [1.165, 1.54) is 6.07 Å². The average molecular weight is 301 g/mol. The zero-order valence-corrected chi connectivity index (χ0v) is 11.2. The molecule has 1 aliphatic rings. The van der Waals surface area contributed by atoms with E-state index < -0.39 is 0 Å². The van der Waals surface area contributed by atoms with Crippen molar-refractivity contribution >= 4 is 21.8 Å². The van der Waals surface area contributed by atoms with Gasteiger partial charge in [0, 0.05) is 26.7 Å². The van der Waals surface area contributed by atoms with Crippen LogP contribution >= 0.6 is 15.9 Å². The van der Waals surface area contributed by atoms with Crippen molar-refractivity contribution in [3.8, 4) is 0 Å². The van der Waals surface area contributed by atoms with Crippen LogP contribution in [0.2, 0.25) is 0 Å². The Morgan fingerprint density at radius 3 is 2.88 bits per heavy atom. The molecule has 1 aromatic rings. The van der Waals surface area contributed by atoms with Crippen LogP contribution in [0.5, 0.6) is 0 Å². The van der Waals surface area contributed by atoms with E-state index in [-0.39, 0.29) is 11.7 Å². The summed E-state index contributed by atoms with van der Waals surface area (Å²) in [6.07, 6.45) is 0. The molecular weight excluding hydrogens is 287 g/mol.